The maximum atomic E-state index is 11.8. The lowest BCUT2D eigenvalue weighted by atomic mass is 10.1. The standard InChI is InChI=1S/C12H18N2OS/c1-12(2,16-5)10-8-6-7-9(13-10)11(15)14(3)4/h6-8H,1-5H3. The van der Waals surface area contributed by atoms with Gasteiger partial charge in [-0.3, -0.25) is 4.79 Å². The van der Waals surface area contributed by atoms with Crippen LogP contribution >= 0.6 is 11.8 Å². The molecule has 3 nitrogen and oxygen atoms in total. The van der Waals surface area contributed by atoms with Gasteiger partial charge in [-0.25, -0.2) is 4.98 Å². The highest BCUT2D eigenvalue weighted by atomic mass is 32.2. The molecule has 16 heavy (non-hydrogen) atoms. The monoisotopic (exact) mass is 238 g/mol. The third-order valence-electron chi connectivity index (χ3n) is 2.50. The Labute approximate surface area is 101 Å². The number of nitrogens with zero attached hydrogens (tertiary/aromatic N) is 2. The van der Waals surface area contributed by atoms with Gasteiger partial charge in [0.2, 0.25) is 0 Å². The highest BCUT2D eigenvalue weighted by Crippen LogP contribution is 2.32. The Morgan fingerprint density at radius 3 is 2.50 bits per heavy atom. The molecule has 1 heterocycles. The van der Waals surface area contributed by atoms with Gasteiger partial charge in [-0.15, -0.1) is 0 Å². The summed E-state index contributed by atoms with van der Waals surface area (Å²) in [5.74, 6) is -0.0567. The van der Waals surface area contributed by atoms with Crippen molar-refractivity contribution in [2.24, 2.45) is 0 Å². The SMILES string of the molecule is CSC(C)(C)c1cccc(C(=O)N(C)C)n1. The van der Waals surface area contributed by atoms with Gasteiger partial charge in [0.15, 0.2) is 0 Å². The lowest BCUT2D eigenvalue weighted by Crippen LogP contribution is -2.24. The van der Waals surface area contributed by atoms with Crippen LogP contribution in [0.3, 0.4) is 0 Å². The molecule has 0 radical (unpaired) electrons. The van der Waals surface area contributed by atoms with Crippen LogP contribution in [-0.2, 0) is 4.75 Å². The minimum atomic E-state index is -0.0669. The van der Waals surface area contributed by atoms with Crippen LogP contribution in [0.1, 0.15) is 30.0 Å². The number of aromatic nitrogens is 1. The fraction of sp³-hybridized carbons (Fsp3) is 0.500. The average Bonchev–Trinajstić information content (AvgIpc) is 2.28. The van der Waals surface area contributed by atoms with Crippen LogP contribution in [0.25, 0.3) is 0 Å². The second-order valence-corrected chi connectivity index (χ2v) is 5.75. The third-order valence-corrected chi connectivity index (χ3v) is 3.73. The van der Waals surface area contributed by atoms with Crippen LogP contribution < -0.4 is 0 Å². The van der Waals surface area contributed by atoms with Crippen LogP contribution in [-0.4, -0.2) is 36.1 Å². The molecule has 0 aliphatic rings. The number of hydrogen-bond acceptors (Lipinski definition) is 3. The van der Waals surface area contributed by atoms with Crippen LogP contribution in [0, 0.1) is 0 Å². The van der Waals surface area contributed by atoms with Gasteiger partial charge in [0, 0.05) is 14.1 Å². The van der Waals surface area contributed by atoms with E-state index in [-0.39, 0.29) is 10.7 Å². The van der Waals surface area contributed by atoms with Crippen molar-refractivity contribution in [1.82, 2.24) is 9.88 Å². The molecule has 4 heteroatoms. The van der Waals surface area contributed by atoms with Crippen molar-refractivity contribution in [2.45, 2.75) is 18.6 Å². The van der Waals surface area contributed by atoms with E-state index in [4.69, 9.17) is 0 Å². The molecule has 0 fully saturated rings. The zero-order chi connectivity index (χ0) is 12.3. The number of carbonyl (C=O) groups is 1. The third kappa shape index (κ3) is 2.76. The Morgan fingerprint density at radius 1 is 1.38 bits per heavy atom. The molecule has 0 aliphatic heterocycles. The van der Waals surface area contributed by atoms with Crippen LogP contribution in [0.4, 0.5) is 0 Å². The largest absolute Gasteiger partial charge is 0.343 e. The molecular weight excluding hydrogens is 220 g/mol. The van der Waals surface area contributed by atoms with Crippen LogP contribution in [0.2, 0.25) is 0 Å². The fourth-order valence-corrected chi connectivity index (χ4v) is 1.55. The molecule has 0 saturated heterocycles. The highest BCUT2D eigenvalue weighted by molar-refractivity contribution is 7.99. The van der Waals surface area contributed by atoms with Gasteiger partial charge >= 0.3 is 0 Å². The summed E-state index contributed by atoms with van der Waals surface area (Å²) in [5.41, 5.74) is 1.44. The summed E-state index contributed by atoms with van der Waals surface area (Å²) in [5, 5.41) is 0. The first kappa shape index (κ1) is 13.0. The molecule has 0 saturated carbocycles. The molecule has 0 N–H and O–H groups in total. The summed E-state index contributed by atoms with van der Waals surface area (Å²) in [6.07, 6.45) is 2.04. The number of pyridine rings is 1. The van der Waals surface area contributed by atoms with Gasteiger partial charge in [-0.2, -0.15) is 11.8 Å². The molecule has 0 aliphatic carbocycles. The van der Waals surface area contributed by atoms with Crippen molar-refractivity contribution in [3.63, 3.8) is 0 Å². The number of carbonyl (C=O) groups excluding carboxylic acids is 1. The molecule has 88 valence electrons. The van der Waals surface area contributed by atoms with E-state index in [0.29, 0.717) is 5.69 Å². The van der Waals surface area contributed by atoms with E-state index in [1.807, 2.05) is 18.4 Å². The molecule has 0 spiro atoms. The zero-order valence-electron chi connectivity index (χ0n) is 10.4. The van der Waals surface area contributed by atoms with Crippen molar-refractivity contribution in [3.05, 3.63) is 29.6 Å². The maximum Gasteiger partial charge on any atom is 0.271 e. The Bertz CT molecular complexity index is 388. The Kier molecular flexibility index (Phi) is 3.97. The minimum absolute atomic E-state index is 0.0567. The predicted octanol–water partition coefficient (Wildman–Crippen LogP) is 2.38. The van der Waals surface area contributed by atoms with Gasteiger partial charge < -0.3 is 4.90 Å². The Morgan fingerprint density at radius 2 is 2.00 bits per heavy atom. The first-order valence-electron chi connectivity index (χ1n) is 5.13. The molecule has 1 rings (SSSR count). The first-order valence-corrected chi connectivity index (χ1v) is 6.35. The predicted molar refractivity (Wildman–Crippen MR) is 68.8 cm³/mol. The van der Waals surface area contributed by atoms with Crippen molar-refractivity contribution in [3.8, 4) is 0 Å². The summed E-state index contributed by atoms with van der Waals surface area (Å²) in [6.45, 7) is 4.20. The zero-order valence-corrected chi connectivity index (χ0v) is 11.3. The summed E-state index contributed by atoms with van der Waals surface area (Å²) in [7, 11) is 3.47. The molecule has 0 atom stereocenters. The van der Waals surface area contributed by atoms with Crippen LogP contribution in [0.5, 0.6) is 0 Å². The quantitative estimate of drug-likeness (QED) is 0.810. The number of hydrogen-bond donors (Lipinski definition) is 0. The lowest BCUT2D eigenvalue weighted by molar-refractivity contribution is 0.0821. The lowest BCUT2D eigenvalue weighted by Gasteiger charge is -2.22. The summed E-state index contributed by atoms with van der Waals surface area (Å²) in [6, 6.07) is 5.60. The van der Waals surface area contributed by atoms with Crippen LogP contribution in [0.15, 0.2) is 18.2 Å². The first-order chi connectivity index (χ1) is 7.38. The van der Waals surface area contributed by atoms with E-state index in [9.17, 15) is 4.79 Å². The average molecular weight is 238 g/mol. The van der Waals surface area contributed by atoms with Gasteiger partial charge in [0.1, 0.15) is 5.69 Å². The summed E-state index contributed by atoms with van der Waals surface area (Å²) in [4.78, 5) is 17.7. The van der Waals surface area contributed by atoms with E-state index < -0.39 is 0 Å². The van der Waals surface area contributed by atoms with Crippen molar-refractivity contribution < 1.29 is 4.79 Å². The molecule has 1 amide bonds. The topological polar surface area (TPSA) is 33.2 Å². The van der Waals surface area contributed by atoms with Gasteiger partial charge in [-0.1, -0.05) is 6.07 Å². The Hall–Kier alpha value is -1.03. The van der Waals surface area contributed by atoms with E-state index in [1.165, 1.54) is 4.90 Å². The number of thioether (sulfide) groups is 1. The van der Waals surface area contributed by atoms with E-state index in [1.54, 1.807) is 31.9 Å². The molecule has 0 bridgehead atoms. The number of amides is 1. The molecular formula is C12H18N2OS. The van der Waals surface area contributed by atoms with E-state index in [2.05, 4.69) is 18.8 Å². The van der Waals surface area contributed by atoms with Crippen molar-refractivity contribution in [1.29, 1.82) is 0 Å². The van der Waals surface area contributed by atoms with E-state index >= 15 is 0 Å². The summed E-state index contributed by atoms with van der Waals surface area (Å²) < 4.78 is -0.0669. The highest BCUT2D eigenvalue weighted by Gasteiger charge is 2.22. The molecule has 1 aromatic rings. The molecule has 0 unspecified atom stereocenters. The van der Waals surface area contributed by atoms with E-state index in [0.717, 1.165) is 5.69 Å². The fourth-order valence-electron chi connectivity index (χ4n) is 1.22. The second-order valence-electron chi connectivity index (χ2n) is 4.32. The normalized spacial score (nSPS) is 11.3. The van der Waals surface area contributed by atoms with Gasteiger partial charge in [0.05, 0.1) is 10.4 Å². The smallest absolute Gasteiger partial charge is 0.271 e. The van der Waals surface area contributed by atoms with Crippen molar-refractivity contribution >= 4 is 17.7 Å². The molecule has 0 aromatic carbocycles. The maximum absolute atomic E-state index is 11.8. The second kappa shape index (κ2) is 4.87. The number of rotatable bonds is 3. The molecule has 1 aromatic heterocycles. The van der Waals surface area contributed by atoms with Gasteiger partial charge in [0.25, 0.3) is 5.91 Å². The van der Waals surface area contributed by atoms with Crippen molar-refractivity contribution in [2.75, 3.05) is 20.4 Å². The Balaban J connectivity index is 3.09. The summed E-state index contributed by atoms with van der Waals surface area (Å²) >= 11 is 1.72. The minimum Gasteiger partial charge on any atom is -0.343 e. The van der Waals surface area contributed by atoms with Gasteiger partial charge in [-0.05, 0) is 32.2 Å².